The van der Waals surface area contributed by atoms with Gasteiger partial charge in [-0.25, -0.2) is 9.37 Å². The Morgan fingerprint density at radius 1 is 1.14 bits per heavy atom. The van der Waals surface area contributed by atoms with Crippen molar-refractivity contribution in [3.05, 3.63) is 64.7 Å². The Balaban J connectivity index is 0.00000361. The average molecular weight is 520 g/mol. The van der Waals surface area contributed by atoms with Crippen LogP contribution in [0.5, 0.6) is 0 Å². The summed E-state index contributed by atoms with van der Waals surface area (Å²) < 4.78 is 41.3. The zero-order valence-electron chi connectivity index (χ0n) is 19.6. The standard InChI is InChI=1S/C24H25ClFN5O3S.H2/c1-13(2)35(32,33)21-8-6-16(10-18(21)25)20-12-28-14(3)22(29-20)24-31-30-23(34-24)17-7-5-15(11-27-4)9-19(17)26;/h5-10,12-13,27,32-33H,11H2,1-4H3;1H. The third-order valence-electron chi connectivity index (χ3n) is 5.44. The third-order valence-corrected chi connectivity index (χ3v) is 8.18. The molecule has 0 spiro atoms. The van der Waals surface area contributed by atoms with Crippen LogP contribution >= 0.6 is 22.2 Å². The van der Waals surface area contributed by atoms with Gasteiger partial charge in [-0.05, 0) is 57.6 Å². The lowest BCUT2D eigenvalue weighted by molar-refractivity contribution is 0.476. The van der Waals surface area contributed by atoms with E-state index in [9.17, 15) is 13.5 Å². The molecule has 0 bridgehead atoms. The Morgan fingerprint density at radius 3 is 2.54 bits per heavy atom. The molecule has 0 saturated heterocycles. The fraction of sp³-hybridized carbons (Fsp3) is 0.250. The normalized spacial score (nSPS) is 12.4. The number of aryl methyl sites for hydroxylation is 1. The molecule has 35 heavy (non-hydrogen) atoms. The van der Waals surface area contributed by atoms with Crippen LogP contribution in [0.3, 0.4) is 0 Å². The van der Waals surface area contributed by atoms with Crippen molar-refractivity contribution >= 4 is 22.2 Å². The Morgan fingerprint density at radius 2 is 1.89 bits per heavy atom. The maximum Gasteiger partial charge on any atom is 0.268 e. The summed E-state index contributed by atoms with van der Waals surface area (Å²) in [6.45, 7) is 5.73. The van der Waals surface area contributed by atoms with Gasteiger partial charge in [-0.3, -0.25) is 14.1 Å². The van der Waals surface area contributed by atoms with Gasteiger partial charge in [0.25, 0.3) is 11.8 Å². The highest BCUT2D eigenvalue weighted by molar-refractivity contribution is 8.24. The van der Waals surface area contributed by atoms with Crippen molar-refractivity contribution < 1.29 is 19.3 Å². The number of nitrogens with one attached hydrogen (secondary N) is 1. The molecule has 0 aliphatic heterocycles. The zero-order valence-corrected chi connectivity index (χ0v) is 21.2. The second kappa shape index (κ2) is 10.00. The highest BCUT2D eigenvalue weighted by Crippen LogP contribution is 2.55. The Bertz CT molecular complexity index is 1390. The van der Waals surface area contributed by atoms with Crippen LogP contribution < -0.4 is 5.32 Å². The molecule has 4 rings (SSSR count). The van der Waals surface area contributed by atoms with Crippen LogP contribution in [0.1, 0.15) is 26.5 Å². The molecule has 11 heteroatoms. The van der Waals surface area contributed by atoms with Crippen molar-refractivity contribution in [2.45, 2.75) is 37.5 Å². The first-order valence-electron chi connectivity index (χ1n) is 10.8. The van der Waals surface area contributed by atoms with Crippen molar-refractivity contribution in [3.8, 4) is 34.3 Å². The molecule has 0 atom stereocenters. The van der Waals surface area contributed by atoms with Crippen molar-refractivity contribution in [2.75, 3.05) is 7.05 Å². The average Bonchev–Trinajstić information content (AvgIpc) is 3.29. The number of nitrogens with zero attached hydrogens (tertiary/aromatic N) is 4. The summed E-state index contributed by atoms with van der Waals surface area (Å²) >= 11 is 6.39. The van der Waals surface area contributed by atoms with Crippen molar-refractivity contribution in [1.82, 2.24) is 25.5 Å². The number of hydrogen-bond donors (Lipinski definition) is 3. The van der Waals surface area contributed by atoms with E-state index in [2.05, 4.69) is 25.5 Å². The first-order chi connectivity index (χ1) is 16.6. The van der Waals surface area contributed by atoms with Gasteiger partial charge in [0.15, 0.2) is 0 Å². The van der Waals surface area contributed by atoms with Crippen LogP contribution in [0, 0.1) is 12.7 Å². The summed E-state index contributed by atoms with van der Waals surface area (Å²) in [5.74, 6) is -0.333. The van der Waals surface area contributed by atoms with E-state index in [1.54, 1.807) is 64.3 Å². The Labute approximate surface area is 210 Å². The topological polar surface area (TPSA) is 117 Å². The number of benzene rings is 2. The van der Waals surface area contributed by atoms with Gasteiger partial charge in [0.2, 0.25) is 0 Å². The minimum Gasteiger partial charge on any atom is -0.414 e. The molecule has 0 unspecified atom stereocenters. The molecule has 2 heterocycles. The van der Waals surface area contributed by atoms with E-state index < -0.39 is 16.4 Å². The Hall–Kier alpha value is -2.89. The van der Waals surface area contributed by atoms with Crippen LogP contribution in [-0.4, -0.2) is 41.6 Å². The number of hydrogen-bond acceptors (Lipinski definition) is 8. The summed E-state index contributed by atoms with van der Waals surface area (Å²) in [6, 6.07) is 9.69. The van der Waals surface area contributed by atoms with Crippen LogP contribution in [0.15, 0.2) is 51.9 Å². The molecular formula is C24H27ClFN5O3S. The van der Waals surface area contributed by atoms with Crippen molar-refractivity contribution in [3.63, 3.8) is 0 Å². The largest absolute Gasteiger partial charge is 0.414 e. The van der Waals surface area contributed by atoms with Crippen LogP contribution in [0.2, 0.25) is 5.02 Å². The highest BCUT2D eigenvalue weighted by atomic mass is 35.5. The fourth-order valence-electron chi connectivity index (χ4n) is 3.42. The van der Waals surface area contributed by atoms with Gasteiger partial charge >= 0.3 is 0 Å². The van der Waals surface area contributed by atoms with E-state index in [-0.39, 0.29) is 33.9 Å². The summed E-state index contributed by atoms with van der Waals surface area (Å²) in [7, 11) is -1.25. The molecule has 0 radical (unpaired) electrons. The van der Waals surface area contributed by atoms with E-state index in [4.69, 9.17) is 16.0 Å². The van der Waals surface area contributed by atoms with Crippen LogP contribution in [0.25, 0.3) is 34.3 Å². The van der Waals surface area contributed by atoms with Gasteiger partial charge in [-0.1, -0.05) is 23.7 Å². The quantitative estimate of drug-likeness (QED) is 0.255. The number of halogens is 2. The van der Waals surface area contributed by atoms with Crippen molar-refractivity contribution in [2.24, 2.45) is 0 Å². The maximum absolute atomic E-state index is 14.6. The molecule has 3 N–H and O–H groups in total. The summed E-state index contributed by atoms with van der Waals surface area (Å²) in [6.07, 6.45) is 1.57. The zero-order chi connectivity index (χ0) is 25.3. The molecular weight excluding hydrogens is 493 g/mol. The smallest absolute Gasteiger partial charge is 0.268 e. The Kier molecular flexibility index (Phi) is 7.20. The summed E-state index contributed by atoms with van der Waals surface area (Å²) in [5, 5.41) is 10.9. The number of aromatic nitrogens is 4. The molecule has 0 fully saturated rings. The lowest BCUT2D eigenvalue weighted by Crippen LogP contribution is -2.11. The SMILES string of the molecule is CNCc1ccc(-c2nnc(-c3nc(-c4ccc(S(O)(O)C(C)C)c(Cl)c4)cnc3C)o2)c(F)c1.[HH]. The second-order valence-electron chi connectivity index (χ2n) is 8.23. The molecule has 0 amide bonds. The van der Waals surface area contributed by atoms with Gasteiger partial charge in [-0.15, -0.1) is 10.2 Å². The molecule has 2 aromatic carbocycles. The van der Waals surface area contributed by atoms with E-state index in [1.165, 1.54) is 6.07 Å². The van der Waals surface area contributed by atoms with E-state index in [0.29, 0.717) is 29.2 Å². The lowest BCUT2D eigenvalue weighted by atomic mass is 10.1. The van der Waals surface area contributed by atoms with Crippen molar-refractivity contribution in [1.29, 1.82) is 0 Å². The van der Waals surface area contributed by atoms with Crippen LogP contribution in [-0.2, 0) is 6.54 Å². The molecule has 186 valence electrons. The van der Waals surface area contributed by atoms with Crippen LogP contribution in [0.4, 0.5) is 4.39 Å². The lowest BCUT2D eigenvalue weighted by Gasteiger charge is -2.37. The predicted molar refractivity (Wildman–Crippen MR) is 137 cm³/mol. The molecule has 0 aliphatic rings. The summed E-state index contributed by atoms with van der Waals surface area (Å²) in [4.78, 5) is 9.28. The molecule has 8 nitrogen and oxygen atoms in total. The minimum atomic E-state index is -3.03. The summed E-state index contributed by atoms with van der Waals surface area (Å²) in [5.41, 5.74) is 2.98. The third kappa shape index (κ3) is 5.07. The van der Waals surface area contributed by atoms with Gasteiger partial charge in [0.05, 0.1) is 33.1 Å². The first kappa shape index (κ1) is 25.2. The maximum atomic E-state index is 14.6. The predicted octanol–water partition coefficient (Wildman–Crippen LogP) is 6.44. The first-order valence-corrected chi connectivity index (χ1v) is 12.8. The number of rotatable bonds is 7. The molecule has 2 aromatic heterocycles. The monoisotopic (exact) mass is 519 g/mol. The van der Waals surface area contributed by atoms with Gasteiger partial charge in [-0.2, -0.15) is 10.6 Å². The van der Waals surface area contributed by atoms with Gasteiger partial charge < -0.3 is 9.73 Å². The fourth-order valence-corrected chi connectivity index (χ4v) is 5.07. The van der Waals surface area contributed by atoms with Gasteiger partial charge in [0, 0.05) is 18.8 Å². The van der Waals surface area contributed by atoms with E-state index in [1.807, 2.05) is 0 Å². The minimum absolute atomic E-state index is 0. The van der Waals surface area contributed by atoms with E-state index >= 15 is 0 Å². The second-order valence-corrected chi connectivity index (χ2v) is 11.2. The molecule has 0 saturated carbocycles. The van der Waals surface area contributed by atoms with Gasteiger partial charge in [0.1, 0.15) is 11.5 Å². The molecule has 0 aliphatic carbocycles. The highest BCUT2D eigenvalue weighted by Gasteiger charge is 2.24. The molecule has 4 aromatic rings. The van der Waals surface area contributed by atoms with E-state index in [0.717, 1.165) is 5.56 Å².